The third-order valence-corrected chi connectivity index (χ3v) is 3.83. The lowest BCUT2D eigenvalue weighted by molar-refractivity contribution is -0.138. The van der Waals surface area contributed by atoms with Crippen molar-refractivity contribution >= 4 is 11.7 Å². The molecule has 3 rings (SSSR count). The fourth-order valence-electron chi connectivity index (χ4n) is 2.69. The first-order valence-corrected chi connectivity index (χ1v) is 7.26. The van der Waals surface area contributed by atoms with Gasteiger partial charge in [0.2, 0.25) is 5.91 Å². The standard InChI is InChI=1S/C14H20N4O3/c1-11(19)18-6-9-21-10-12(18)14-15-3-2-13(16-14)17-4-7-20-8-5-17/h2-3,12H,4-10H2,1H3. The van der Waals surface area contributed by atoms with Crippen LogP contribution in [0.5, 0.6) is 0 Å². The Labute approximate surface area is 123 Å². The van der Waals surface area contributed by atoms with Gasteiger partial charge in [-0.05, 0) is 6.07 Å². The second-order valence-electron chi connectivity index (χ2n) is 5.18. The fraction of sp³-hybridized carbons (Fsp3) is 0.643. The molecule has 7 heteroatoms. The monoisotopic (exact) mass is 292 g/mol. The van der Waals surface area contributed by atoms with Gasteiger partial charge in [0.25, 0.3) is 0 Å². The molecule has 1 unspecified atom stereocenters. The van der Waals surface area contributed by atoms with E-state index in [0.29, 0.717) is 38.8 Å². The van der Waals surface area contributed by atoms with Gasteiger partial charge in [0, 0.05) is 32.8 Å². The van der Waals surface area contributed by atoms with Crippen molar-refractivity contribution in [1.82, 2.24) is 14.9 Å². The number of hydrogen-bond acceptors (Lipinski definition) is 6. The third kappa shape index (κ3) is 3.14. The van der Waals surface area contributed by atoms with Gasteiger partial charge in [0.1, 0.15) is 11.9 Å². The van der Waals surface area contributed by atoms with Crippen LogP contribution in [-0.4, -0.2) is 66.8 Å². The maximum Gasteiger partial charge on any atom is 0.220 e. The molecule has 2 saturated heterocycles. The molecule has 7 nitrogen and oxygen atoms in total. The van der Waals surface area contributed by atoms with Crippen molar-refractivity contribution in [3.63, 3.8) is 0 Å². The number of morpholine rings is 2. The van der Waals surface area contributed by atoms with Gasteiger partial charge in [-0.2, -0.15) is 0 Å². The Bertz CT molecular complexity index is 505. The molecule has 2 aliphatic heterocycles. The van der Waals surface area contributed by atoms with Crippen molar-refractivity contribution < 1.29 is 14.3 Å². The van der Waals surface area contributed by atoms with Gasteiger partial charge < -0.3 is 19.3 Å². The molecule has 1 amide bonds. The molecule has 3 heterocycles. The van der Waals surface area contributed by atoms with Crippen molar-refractivity contribution in [3.8, 4) is 0 Å². The molecule has 0 spiro atoms. The number of rotatable bonds is 2. The molecule has 0 radical (unpaired) electrons. The van der Waals surface area contributed by atoms with E-state index in [0.717, 1.165) is 18.9 Å². The molecule has 0 saturated carbocycles. The first kappa shape index (κ1) is 14.2. The second kappa shape index (κ2) is 6.36. The summed E-state index contributed by atoms with van der Waals surface area (Å²) in [5, 5.41) is 0. The molecule has 0 bridgehead atoms. The van der Waals surface area contributed by atoms with Crippen molar-refractivity contribution in [2.45, 2.75) is 13.0 Å². The van der Waals surface area contributed by atoms with Gasteiger partial charge in [0.15, 0.2) is 5.82 Å². The molecule has 2 fully saturated rings. The molecular weight excluding hydrogens is 272 g/mol. The molecule has 2 aliphatic rings. The van der Waals surface area contributed by atoms with Gasteiger partial charge in [0.05, 0.1) is 26.4 Å². The largest absolute Gasteiger partial charge is 0.378 e. The minimum atomic E-state index is -0.197. The second-order valence-corrected chi connectivity index (χ2v) is 5.18. The minimum absolute atomic E-state index is 0.0312. The summed E-state index contributed by atoms with van der Waals surface area (Å²) in [6, 6.07) is 1.70. The fourth-order valence-corrected chi connectivity index (χ4v) is 2.69. The van der Waals surface area contributed by atoms with Gasteiger partial charge in [-0.1, -0.05) is 0 Å². The van der Waals surface area contributed by atoms with Crippen molar-refractivity contribution in [2.75, 3.05) is 51.0 Å². The molecule has 1 aromatic rings. The number of hydrogen-bond donors (Lipinski definition) is 0. The third-order valence-electron chi connectivity index (χ3n) is 3.83. The van der Waals surface area contributed by atoms with Crippen LogP contribution >= 0.6 is 0 Å². The average Bonchev–Trinajstić information content (AvgIpc) is 2.56. The van der Waals surface area contributed by atoms with E-state index in [1.54, 1.807) is 18.0 Å². The maximum atomic E-state index is 11.8. The van der Waals surface area contributed by atoms with Crippen LogP contribution in [-0.2, 0) is 14.3 Å². The molecule has 114 valence electrons. The molecule has 1 aromatic heterocycles. The Kier molecular flexibility index (Phi) is 4.31. The molecule has 0 N–H and O–H groups in total. The van der Waals surface area contributed by atoms with Gasteiger partial charge in [-0.25, -0.2) is 9.97 Å². The van der Waals surface area contributed by atoms with E-state index >= 15 is 0 Å². The Hall–Kier alpha value is -1.73. The molecule has 21 heavy (non-hydrogen) atoms. The SMILES string of the molecule is CC(=O)N1CCOCC1c1nccc(N2CCOCC2)n1. The number of amides is 1. The normalized spacial score (nSPS) is 23.2. The summed E-state index contributed by atoms with van der Waals surface area (Å²) in [6.07, 6.45) is 1.75. The van der Waals surface area contributed by atoms with E-state index < -0.39 is 0 Å². The number of nitrogens with zero attached hydrogens (tertiary/aromatic N) is 4. The van der Waals surface area contributed by atoms with E-state index in [-0.39, 0.29) is 11.9 Å². The first-order chi connectivity index (χ1) is 10.3. The summed E-state index contributed by atoms with van der Waals surface area (Å²) in [5.41, 5.74) is 0. The number of ether oxygens (including phenoxy) is 2. The van der Waals surface area contributed by atoms with Crippen molar-refractivity contribution in [1.29, 1.82) is 0 Å². The first-order valence-electron chi connectivity index (χ1n) is 7.26. The lowest BCUT2D eigenvalue weighted by atomic mass is 10.2. The van der Waals surface area contributed by atoms with Crippen LogP contribution in [0.15, 0.2) is 12.3 Å². The van der Waals surface area contributed by atoms with E-state index in [1.165, 1.54) is 0 Å². The smallest absolute Gasteiger partial charge is 0.220 e. The quantitative estimate of drug-likeness (QED) is 0.777. The molecule has 1 atom stereocenters. The van der Waals surface area contributed by atoms with Crippen LogP contribution in [0.3, 0.4) is 0 Å². The predicted molar refractivity (Wildman–Crippen MR) is 76.0 cm³/mol. The number of aromatic nitrogens is 2. The number of carbonyl (C=O) groups is 1. The highest BCUT2D eigenvalue weighted by molar-refractivity contribution is 5.73. The van der Waals surface area contributed by atoms with Crippen LogP contribution in [0.25, 0.3) is 0 Å². The zero-order chi connectivity index (χ0) is 14.7. The molecule has 0 aliphatic carbocycles. The van der Waals surface area contributed by atoms with Crippen LogP contribution in [0.2, 0.25) is 0 Å². The highest BCUT2D eigenvalue weighted by Crippen LogP contribution is 2.23. The Morgan fingerprint density at radius 1 is 1.24 bits per heavy atom. The topological polar surface area (TPSA) is 67.8 Å². The van der Waals surface area contributed by atoms with E-state index in [1.807, 2.05) is 6.07 Å². The van der Waals surface area contributed by atoms with Crippen LogP contribution < -0.4 is 4.90 Å². The summed E-state index contributed by atoms with van der Waals surface area (Å²) in [4.78, 5) is 24.7. The van der Waals surface area contributed by atoms with Gasteiger partial charge in [-0.15, -0.1) is 0 Å². The van der Waals surface area contributed by atoms with Crippen LogP contribution in [0, 0.1) is 0 Å². The maximum absolute atomic E-state index is 11.8. The zero-order valence-electron chi connectivity index (χ0n) is 12.2. The molecule has 0 aromatic carbocycles. The highest BCUT2D eigenvalue weighted by Gasteiger charge is 2.29. The summed E-state index contributed by atoms with van der Waals surface area (Å²) >= 11 is 0. The Morgan fingerprint density at radius 2 is 2.00 bits per heavy atom. The summed E-state index contributed by atoms with van der Waals surface area (Å²) in [7, 11) is 0. The average molecular weight is 292 g/mol. The number of anilines is 1. The van der Waals surface area contributed by atoms with Crippen molar-refractivity contribution in [2.24, 2.45) is 0 Å². The van der Waals surface area contributed by atoms with E-state index in [2.05, 4.69) is 14.9 Å². The lowest BCUT2D eigenvalue weighted by Crippen LogP contribution is -2.43. The molecular formula is C14H20N4O3. The van der Waals surface area contributed by atoms with Crippen LogP contribution in [0.4, 0.5) is 5.82 Å². The Morgan fingerprint density at radius 3 is 2.76 bits per heavy atom. The summed E-state index contributed by atoms with van der Waals surface area (Å²) in [6.45, 7) is 6.26. The van der Waals surface area contributed by atoms with Gasteiger partial charge >= 0.3 is 0 Å². The lowest BCUT2D eigenvalue weighted by Gasteiger charge is -2.34. The van der Waals surface area contributed by atoms with E-state index in [4.69, 9.17) is 9.47 Å². The van der Waals surface area contributed by atoms with Crippen molar-refractivity contribution in [3.05, 3.63) is 18.1 Å². The van der Waals surface area contributed by atoms with E-state index in [9.17, 15) is 4.79 Å². The number of carbonyl (C=O) groups excluding carboxylic acids is 1. The predicted octanol–water partition coefficient (Wildman–Crippen LogP) is 0.233. The van der Waals surface area contributed by atoms with Gasteiger partial charge in [-0.3, -0.25) is 4.79 Å². The highest BCUT2D eigenvalue weighted by atomic mass is 16.5. The summed E-state index contributed by atoms with van der Waals surface area (Å²) in [5.74, 6) is 1.56. The van der Waals surface area contributed by atoms with Crippen LogP contribution in [0.1, 0.15) is 18.8 Å². The zero-order valence-corrected chi connectivity index (χ0v) is 12.2. The summed E-state index contributed by atoms with van der Waals surface area (Å²) < 4.78 is 10.9. The minimum Gasteiger partial charge on any atom is -0.378 e. The Balaban J connectivity index is 1.82.